The molecule has 2 atom stereocenters. The molecular formula is C20H42KO6P. The second kappa shape index (κ2) is 21.9. The van der Waals surface area contributed by atoms with Crippen molar-refractivity contribution < 1.29 is 79.4 Å². The Kier molecular flexibility index (Phi) is 24.9. The molecule has 6 nitrogen and oxygen atoms in total. The molecule has 0 aromatic carbocycles. The summed E-state index contributed by atoms with van der Waals surface area (Å²) in [5.74, 6) is 1.06. The van der Waals surface area contributed by atoms with Crippen LogP contribution in [0.4, 0.5) is 0 Å². The Balaban J connectivity index is 0. The van der Waals surface area contributed by atoms with Crippen LogP contribution in [0.5, 0.6) is 0 Å². The number of ether oxygens (including phenoxy) is 2. The summed E-state index contributed by atoms with van der Waals surface area (Å²) in [5.41, 5.74) is 0. The molecule has 0 aliphatic heterocycles. The van der Waals surface area contributed by atoms with Gasteiger partial charge in [0, 0.05) is 13.2 Å². The van der Waals surface area contributed by atoms with E-state index in [1.165, 1.54) is 25.7 Å². The molecule has 28 heavy (non-hydrogen) atoms. The Labute approximate surface area is 215 Å². The van der Waals surface area contributed by atoms with Crippen LogP contribution in [0.2, 0.25) is 0 Å². The fourth-order valence-corrected chi connectivity index (χ4v) is 3.42. The minimum Gasteiger partial charge on any atom is -0.756 e. The fourth-order valence-electron chi connectivity index (χ4n) is 2.75. The van der Waals surface area contributed by atoms with E-state index in [1.807, 2.05) is 0 Å². The topological polar surface area (TPSA) is 77.1 Å². The summed E-state index contributed by atoms with van der Waals surface area (Å²) in [6, 6.07) is 0. The summed E-state index contributed by atoms with van der Waals surface area (Å²) in [6.45, 7) is 10.4. The molecule has 0 fully saturated rings. The minimum atomic E-state index is -4.28. The molecule has 0 amide bonds. The van der Waals surface area contributed by atoms with Crippen molar-refractivity contribution in [3.05, 3.63) is 0 Å². The number of hydrogen-bond donors (Lipinski definition) is 0. The summed E-state index contributed by atoms with van der Waals surface area (Å²) < 4.78 is 32.4. The minimum absolute atomic E-state index is 0. The van der Waals surface area contributed by atoms with Crippen LogP contribution in [0.3, 0.4) is 0 Å². The molecule has 0 aromatic heterocycles. The van der Waals surface area contributed by atoms with Crippen LogP contribution in [-0.2, 0) is 23.1 Å². The molecule has 0 heterocycles. The van der Waals surface area contributed by atoms with Crippen LogP contribution in [-0.4, -0.2) is 39.6 Å². The maximum Gasteiger partial charge on any atom is 1.00 e. The van der Waals surface area contributed by atoms with Gasteiger partial charge in [0.2, 0.25) is 0 Å². The molecule has 0 bridgehead atoms. The van der Waals surface area contributed by atoms with Gasteiger partial charge in [-0.25, -0.2) is 0 Å². The molecule has 0 aromatic rings. The first-order valence-electron chi connectivity index (χ1n) is 10.7. The Morgan fingerprint density at radius 3 is 1.46 bits per heavy atom. The van der Waals surface area contributed by atoms with E-state index in [0.717, 1.165) is 25.7 Å². The van der Waals surface area contributed by atoms with Crippen LogP contribution >= 0.6 is 7.82 Å². The zero-order valence-corrected chi connectivity index (χ0v) is 23.0. The predicted octanol–water partition coefficient (Wildman–Crippen LogP) is 1.96. The van der Waals surface area contributed by atoms with Crippen LogP contribution in [0, 0.1) is 11.8 Å². The van der Waals surface area contributed by atoms with Crippen molar-refractivity contribution in [2.24, 2.45) is 11.8 Å². The van der Waals surface area contributed by atoms with Crippen molar-refractivity contribution in [3.8, 4) is 0 Å². The molecule has 8 heteroatoms. The molecule has 2 unspecified atom stereocenters. The molecular weight excluding hydrogens is 406 g/mol. The molecule has 0 N–H and O–H groups in total. The van der Waals surface area contributed by atoms with Crippen molar-refractivity contribution in [1.82, 2.24) is 0 Å². The first-order valence-corrected chi connectivity index (χ1v) is 12.2. The second-order valence-electron chi connectivity index (χ2n) is 7.10. The first-order chi connectivity index (χ1) is 13.0. The number of hydrogen-bond acceptors (Lipinski definition) is 6. The van der Waals surface area contributed by atoms with Crippen LogP contribution in [0.15, 0.2) is 0 Å². The summed E-state index contributed by atoms with van der Waals surface area (Å²) >= 11 is 0. The van der Waals surface area contributed by atoms with E-state index in [9.17, 15) is 9.46 Å². The Bertz CT molecular complexity index is 343. The van der Waals surface area contributed by atoms with E-state index in [2.05, 4.69) is 27.7 Å². The molecule has 0 aliphatic rings. The van der Waals surface area contributed by atoms with E-state index in [1.54, 1.807) is 0 Å². The van der Waals surface area contributed by atoms with Gasteiger partial charge in [0.25, 0.3) is 7.82 Å². The van der Waals surface area contributed by atoms with E-state index in [4.69, 9.17) is 18.5 Å². The Morgan fingerprint density at radius 2 is 1.14 bits per heavy atom. The van der Waals surface area contributed by atoms with Crippen LogP contribution < -0.4 is 56.3 Å². The van der Waals surface area contributed by atoms with Gasteiger partial charge in [0.1, 0.15) is 0 Å². The molecule has 0 radical (unpaired) electrons. The summed E-state index contributed by atoms with van der Waals surface area (Å²) in [7, 11) is -4.28. The van der Waals surface area contributed by atoms with Crippen molar-refractivity contribution in [3.63, 3.8) is 0 Å². The molecule has 0 rings (SSSR count). The van der Waals surface area contributed by atoms with Crippen molar-refractivity contribution in [1.29, 1.82) is 0 Å². The normalized spacial score (nSPS) is 15.6. The zero-order valence-electron chi connectivity index (χ0n) is 19.0. The monoisotopic (exact) mass is 448 g/mol. The quantitative estimate of drug-likeness (QED) is 0.161. The summed E-state index contributed by atoms with van der Waals surface area (Å²) in [5, 5.41) is 0. The SMILES string of the molecule is CCCCC(CC)COCCOP(=O)([O-])OCCOCC(CC)CCCC.[K+]. The third-order valence-corrected chi connectivity index (χ3v) is 5.75. The van der Waals surface area contributed by atoms with E-state index >= 15 is 0 Å². The summed E-state index contributed by atoms with van der Waals surface area (Å²) in [4.78, 5) is 11.7. The van der Waals surface area contributed by atoms with E-state index in [-0.39, 0.29) is 77.8 Å². The average molecular weight is 449 g/mol. The van der Waals surface area contributed by atoms with E-state index in [0.29, 0.717) is 25.0 Å². The number of unbranched alkanes of at least 4 members (excludes halogenated alkanes) is 2. The smallest absolute Gasteiger partial charge is 0.756 e. The van der Waals surface area contributed by atoms with Gasteiger partial charge in [-0.1, -0.05) is 66.2 Å². The second-order valence-corrected chi connectivity index (χ2v) is 8.51. The molecule has 164 valence electrons. The third kappa shape index (κ3) is 19.6. The van der Waals surface area contributed by atoms with Crippen LogP contribution in [0.1, 0.15) is 79.1 Å². The van der Waals surface area contributed by atoms with Crippen molar-refractivity contribution in [2.75, 3.05) is 39.6 Å². The molecule has 0 saturated carbocycles. The maximum atomic E-state index is 11.7. The zero-order chi connectivity index (χ0) is 20.4. The fraction of sp³-hybridized carbons (Fsp3) is 1.00. The molecule has 0 aliphatic carbocycles. The number of rotatable bonds is 20. The standard InChI is InChI=1S/C20H43O6P.K/c1-5-9-11-19(7-3)17-23-13-15-25-27(21,22)26-16-14-24-18-20(8-4)12-10-6-2;/h19-20H,5-18H2,1-4H3,(H,21,22);/q;+1/p-1. The number of phosphoric acid groups is 1. The first kappa shape index (κ1) is 31.8. The maximum absolute atomic E-state index is 11.7. The van der Waals surface area contributed by atoms with E-state index < -0.39 is 7.82 Å². The van der Waals surface area contributed by atoms with Crippen LogP contribution in [0.25, 0.3) is 0 Å². The van der Waals surface area contributed by atoms with Gasteiger partial charge >= 0.3 is 51.4 Å². The van der Waals surface area contributed by atoms with Crippen molar-refractivity contribution >= 4 is 7.82 Å². The molecule has 0 saturated heterocycles. The van der Waals surface area contributed by atoms with Gasteiger partial charge in [-0.15, -0.1) is 0 Å². The van der Waals surface area contributed by atoms with Gasteiger partial charge < -0.3 is 23.4 Å². The Hall–Kier alpha value is 1.67. The van der Waals surface area contributed by atoms with Gasteiger partial charge in [-0.3, -0.25) is 4.57 Å². The number of phosphoric ester groups is 1. The third-order valence-electron chi connectivity index (χ3n) is 4.75. The van der Waals surface area contributed by atoms with Gasteiger partial charge in [0.15, 0.2) is 0 Å². The van der Waals surface area contributed by atoms with Gasteiger partial charge in [-0.05, 0) is 24.7 Å². The largest absolute Gasteiger partial charge is 1.00 e. The van der Waals surface area contributed by atoms with Gasteiger partial charge in [0.05, 0.1) is 26.4 Å². The summed E-state index contributed by atoms with van der Waals surface area (Å²) in [6.07, 6.45) is 9.18. The van der Waals surface area contributed by atoms with Gasteiger partial charge in [-0.2, -0.15) is 0 Å². The Morgan fingerprint density at radius 1 is 0.750 bits per heavy atom. The van der Waals surface area contributed by atoms with Crippen molar-refractivity contribution in [2.45, 2.75) is 79.1 Å². The average Bonchev–Trinajstić information content (AvgIpc) is 2.66. The predicted molar refractivity (Wildman–Crippen MR) is 108 cm³/mol. The molecule has 0 spiro atoms.